The van der Waals surface area contributed by atoms with Gasteiger partial charge >= 0.3 is 6.18 Å². The monoisotopic (exact) mass is 487 g/mol. The molecule has 0 atom stereocenters. The Hall–Kier alpha value is -3.53. The number of carbonyl (C=O) groups is 1. The van der Waals surface area contributed by atoms with Gasteiger partial charge in [-0.2, -0.15) is 13.2 Å². The average molecular weight is 488 g/mol. The number of aryl methyl sites for hydroxylation is 1. The number of carbonyl (C=O) groups excluding carboxylic acids is 1. The van der Waals surface area contributed by atoms with Gasteiger partial charge in [-0.1, -0.05) is 41.6 Å². The van der Waals surface area contributed by atoms with Crippen molar-refractivity contribution in [1.29, 1.82) is 0 Å². The van der Waals surface area contributed by atoms with Gasteiger partial charge < -0.3 is 9.32 Å². The van der Waals surface area contributed by atoms with E-state index in [0.29, 0.717) is 21.5 Å². The van der Waals surface area contributed by atoms with E-state index in [1.807, 2.05) is 19.1 Å². The second-order valence-corrected chi connectivity index (χ2v) is 8.56. The number of halogens is 3. The number of hydrogen-bond acceptors (Lipinski definition) is 5. The molecule has 0 radical (unpaired) electrons. The number of hydrogen-bond donors (Lipinski definition) is 0. The molecule has 4 aromatic rings. The van der Waals surface area contributed by atoms with Gasteiger partial charge in [0.15, 0.2) is 5.16 Å². The highest BCUT2D eigenvalue weighted by Crippen LogP contribution is 2.24. The van der Waals surface area contributed by atoms with E-state index >= 15 is 0 Å². The first-order valence-corrected chi connectivity index (χ1v) is 11.3. The highest BCUT2D eigenvalue weighted by molar-refractivity contribution is 7.99. The fraction of sp³-hybridized carbons (Fsp3) is 0.208. The molecular formula is C24H20F3N3O3S. The summed E-state index contributed by atoms with van der Waals surface area (Å²) in [6.45, 7) is 0.179. The van der Waals surface area contributed by atoms with E-state index in [4.69, 9.17) is 4.42 Å². The molecule has 0 saturated heterocycles. The first-order chi connectivity index (χ1) is 16.2. The van der Waals surface area contributed by atoms with E-state index in [9.17, 15) is 22.8 Å². The van der Waals surface area contributed by atoms with Crippen LogP contribution >= 0.6 is 11.8 Å². The third-order valence-electron chi connectivity index (χ3n) is 5.01. The Morgan fingerprint density at radius 3 is 2.50 bits per heavy atom. The maximum absolute atomic E-state index is 13.3. The molecular weight excluding hydrogens is 467 g/mol. The number of fused-ring (bicyclic) bond motifs is 1. The molecule has 0 aliphatic carbocycles. The zero-order valence-corrected chi connectivity index (χ0v) is 18.9. The second kappa shape index (κ2) is 9.76. The zero-order chi connectivity index (χ0) is 24.3. The van der Waals surface area contributed by atoms with E-state index in [1.54, 1.807) is 42.5 Å². The number of aromatic nitrogens is 2. The van der Waals surface area contributed by atoms with Crippen LogP contribution in [-0.2, 0) is 11.3 Å². The first-order valence-electron chi connectivity index (χ1n) is 10.3. The van der Waals surface area contributed by atoms with E-state index in [0.717, 1.165) is 17.3 Å². The standard InChI is InChI=1S/C24H20F3N3O3S/c1-16-8-10-17(11-9-16)30-22(32)19-6-2-3-7-20(19)28-23(30)34-14-21(31)29(15-24(25,26)27)13-18-5-4-12-33-18/h2-12H,13-15H2,1H3. The lowest BCUT2D eigenvalue weighted by molar-refractivity contribution is -0.161. The minimum atomic E-state index is -4.57. The molecule has 0 saturated carbocycles. The summed E-state index contributed by atoms with van der Waals surface area (Å²) in [6, 6.07) is 17.0. The minimum Gasteiger partial charge on any atom is -0.467 e. The summed E-state index contributed by atoms with van der Waals surface area (Å²) in [5.41, 5.74) is 1.66. The zero-order valence-electron chi connectivity index (χ0n) is 18.1. The summed E-state index contributed by atoms with van der Waals surface area (Å²) in [6.07, 6.45) is -3.24. The molecule has 0 aliphatic rings. The molecule has 176 valence electrons. The summed E-state index contributed by atoms with van der Waals surface area (Å²) in [5, 5.41) is 0.612. The van der Waals surface area contributed by atoms with E-state index in [1.165, 1.54) is 16.9 Å². The van der Waals surface area contributed by atoms with Crippen molar-refractivity contribution in [3.63, 3.8) is 0 Å². The SMILES string of the molecule is Cc1ccc(-n2c(SCC(=O)N(Cc3ccco3)CC(F)(F)F)nc3ccccc3c2=O)cc1. The molecule has 0 aliphatic heterocycles. The fourth-order valence-electron chi connectivity index (χ4n) is 3.39. The maximum Gasteiger partial charge on any atom is 0.406 e. The molecule has 0 fully saturated rings. The molecule has 0 N–H and O–H groups in total. The van der Waals surface area contributed by atoms with E-state index in [-0.39, 0.29) is 28.8 Å². The predicted molar refractivity (Wildman–Crippen MR) is 123 cm³/mol. The summed E-state index contributed by atoms with van der Waals surface area (Å²) >= 11 is 0.913. The Bertz CT molecular complexity index is 1350. The van der Waals surface area contributed by atoms with Crippen LogP contribution in [-0.4, -0.2) is 38.8 Å². The van der Waals surface area contributed by atoms with Crippen LogP contribution in [0.3, 0.4) is 0 Å². The van der Waals surface area contributed by atoms with Gasteiger partial charge in [0, 0.05) is 0 Å². The van der Waals surface area contributed by atoms with Crippen LogP contribution in [0.4, 0.5) is 13.2 Å². The lowest BCUT2D eigenvalue weighted by atomic mass is 10.2. The molecule has 0 spiro atoms. The lowest BCUT2D eigenvalue weighted by Gasteiger charge is -2.23. The predicted octanol–water partition coefficient (Wildman–Crippen LogP) is 4.97. The van der Waals surface area contributed by atoms with Crippen molar-refractivity contribution in [1.82, 2.24) is 14.5 Å². The summed E-state index contributed by atoms with van der Waals surface area (Å²) in [7, 11) is 0. The topological polar surface area (TPSA) is 68.3 Å². The average Bonchev–Trinajstić information content (AvgIpc) is 3.30. The highest BCUT2D eigenvalue weighted by atomic mass is 32.2. The molecule has 34 heavy (non-hydrogen) atoms. The van der Waals surface area contributed by atoms with Gasteiger partial charge in [-0.25, -0.2) is 4.98 Å². The number of rotatable bonds is 7. The van der Waals surface area contributed by atoms with Crippen molar-refractivity contribution in [2.45, 2.75) is 24.8 Å². The van der Waals surface area contributed by atoms with E-state index < -0.39 is 18.6 Å². The van der Waals surface area contributed by atoms with Crippen molar-refractivity contribution in [3.05, 3.63) is 88.6 Å². The third-order valence-corrected chi connectivity index (χ3v) is 5.93. The third kappa shape index (κ3) is 5.51. The van der Waals surface area contributed by atoms with Crippen molar-refractivity contribution >= 4 is 28.6 Å². The van der Waals surface area contributed by atoms with Crippen LogP contribution in [0.1, 0.15) is 11.3 Å². The Kier molecular flexibility index (Phi) is 6.78. The van der Waals surface area contributed by atoms with Crippen molar-refractivity contribution in [2.75, 3.05) is 12.3 Å². The summed E-state index contributed by atoms with van der Waals surface area (Å²) in [5.74, 6) is -0.854. The molecule has 6 nitrogen and oxygen atoms in total. The van der Waals surface area contributed by atoms with Crippen molar-refractivity contribution < 1.29 is 22.4 Å². The Morgan fingerprint density at radius 1 is 1.09 bits per heavy atom. The van der Waals surface area contributed by atoms with Crippen molar-refractivity contribution in [2.24, 2.45) is 0 Å². The normalized spacial score (nSPS) is 11.6. The molecule has 0 bridgehead atoms. The molecule has 2 aromatic heterocycles. The van der Waals surface area contributed by atoms with Crippen LogP contribution in [0.15, 0.2) is 81.3 Å². The summed E-state index contributed by atoms with van der Waals surface area (Å²) in [4.78, 5) is 31.3. The number of benzene rings is 2. The lowest BCUT2D eigenvalue weighted by Crippen LogP contribution is -2.39. The Labute approximate surface area is 197 Å². The largest absolute Gasteiger partial charge is 0.467 e. The highest BCUT2D eigenvalue weighted by Gasteiger charge is 2.33. The van der Waals surface area contributed by atoms with Gasteiger partial charge in [-0.05, 0) is 43.3 Å². The number of alkyl halides is 3. The molecule has 10 heteroatoms. The van der Waals surface area contributed by atoms with Gasteiger partial charge in [0.2, 0.25) is 5.91 Å². The molecule has 2 aromatic carbocycles. The van der Waals surface area contributed by atoms with Crippen LogP contribution in [0.2, 0.25) is 0 Å². The number of furan rings is 1. The first kappa shape index (κ1) is 23.6. The Morgan fingerprint density at radius 2 is 1.82 bits per heavy atom. The second-order valence-electron chi connectivity index (χ2n) is 7.62. The molecule has 4 rings (SSSR count). The molecule has 1 amide bonds. The number of thioether (sulfide) groups is 1. The van der Waals surface area contributed by atoms with Crippen LogP contribution in [0.25, 0.3) is 16.6 Å². The summed E-state index contributed by atoms with van der Waals surface area (Å²) < 4.78 is 45.8. The number of amides is 1. The fourth-order valence-corrected chi connectivity index (χ4v) is 4.30. The van der Waals surface area contributed by atoms with Crippen LogP contribution < -0.4 is 5.56 Å². The number of para-hydroxylation sites is 1. The Balaban J connectivity index is 1.66. The van der Waals surface area contributed by atoms with Gasteiger partial charge in [-0.15, -0.1) is 0 Å². The van der Waals surface area contributed by atoms with E-state index in [2.05, 4.69) is 4.98 Å². The maximum atomic E-state index is 13.3. The van der Waals surface area contributed by atoms with Crippen LogP contribution in [0, 0.1) is 6.92 Å². The smallest absolute Gasteiger partial charge is 0.406 e. The molecule has 0 unspecified atom stereocenters. The number of nitrogens with zero attached hydrogens (tertiary/aromatic N) is 3. The van der Waals surface area contributed by atoms with Gasteiger partial charge in [0.1, 0.15) is 12.3 Å². The van der Waals surface area contributed by atoms with Gasteiger partial charge in [0.05, 0.1) is 35.2 Å². The quantitative estimate of drug-likeness (QED) is 0.272. The van der Waals surface area contributed by atoms with Gasteiger partial charge in [0.25, 0.3) is 5.56 Å². The van der Waals surface area contributed by atoms with Crippen molar-refractivity contribution in [3.8, 4) is 5.69 Å². The van der Waals surface area contributed by atoms with Gasteiger partial charge in [-0.3, -0.25) is 14.2 Å². The van der Waals surface area contributed by atoms with Crippen LogP contribution in [0.5, 0.6) is 0 Å². The minimum absolute atomic E-state index is 0.214. The molecule has 2 heterocycles.